The maximum atomic E-state index is 6.11. The first-order valence-electron chi connectivity index (χ1n) is 9.57. The first kappa shape index (κ1) is 24.1. The topological polar surface area (TPSA) is 67.1 Å². The van der Waals surface area contributed by atoms with E-state index in [-0.39, 0.29) is 29.4 Å². The second kappa shape index (κ2) is 11.3. The Labute approximate surface area is 200 Å². The predicted octanol–water partition coefficient (Wildman–Crippen LogP) is 4.47. The lowest BCUT2D eigenvalue weighted by molar-refractivity contribution is 0.359. The third-order valence-electron chi connectivity index (χ3n) is 4.57. The number of halogens is 2. The molecule has 0 spiro atoms. The molecule has 2 heterocycles. The maximum Gasteiger partial charge on any atom is 0.191 e. The maximum absolute atomic E-state index is 6.11. The minimum absolute atomic E-state index is 0. The lowest BCUT2D eigenvalue weighted by Gasteiger charge is -2.26. The molecule has 1 aromatic carbocycles. The van der Waals surface area contributed by atoms with Crippen molar-refractivity contribution in [2.24, 2.45) is 10.4 Å². The number of imidazole rings is 1. The second-order valence-corrected chi connectivity index (χ2v) is 8.18. The lowest BCUT2D eigenvalue weighted by Crippen LogP contribution is -2.42. The molecule has 0 fully saturated rings. The van der Waals surface area contributed by atoms with Crippen molar-refractivity contribution in [2.75, 3.05) is 13.6 Å². The average molecular weight is 539 g/mol. The third-order valence-corrected chi connectivity index (χ3v) is 4.80. The van der Waals surface area contributed by atoms with Gasteiger partial charge in [0.25, 0.3) is 0 Å². The van der Waals surface area contributed by atoms with Gasteiger partial charge in [0.1, 0.15) is 12.1 Å². The van der Waals surface area contributed by atoms with E-state index in [9.17, 15) is 0 Å². The molecular weight excluding hydrogens is 511 g/mol. The zero-order chi connectivity index (χ0) is 20.7. The van der Waals surface area contributed by atoms with E-state index in [1.165, 1.54) is 5.56 Å². The van der Waals surface area contributed by atoms with Gasteiger partial charge >= 0.3 is 0 Å². The number of rotatable bonds is 7. The molecule has 0 aliphatic rings. The first-order chi connectivity index (χ1) is 13.9. The monoisotopic (exact) mass is 538 g/mol. The summed E-state index contributed by atoms with van der Waals surface area (Å²) < 4.78 is 1.88. The minimum Gasteiger partial charge on any atom is -0.356 e. The van der Waals surface area contributed by atoms with Crippen molar-refractivity contribution in [1.82, 2.24) is 25.2 Å². The van der Waals surface area contributed by atoms with E-state index >= 15 is 0 Å². The van der Waals surface area contributed by atoms with Gasteiger partial charge in [0.05, 0.1) is 0 Å². The molecule has 6 nitrogen and oxygen atoms in total. The number of guanidine groups is 1. The number of aliphatic imine (C=N–C) groups is 1. The molecule has 0 atom stereocenters. The normalized spacial score (nSPS) is 11.7. The first-order valence-corrected chi connectivity index (χ1v) is 9.95. The SMILES string of the molecule is CN=C(NCc1ccnc(-n2ccnc2)c1)NCC(C)(C)Cc1cccc(Cl)c1.I. The van der Waals surface area contributed by atoms with Crippen molar-refractivity contribution < 1.29 is 0 Å². The van der Waals surface area contributed by atoms with E-state index in [0.717, 1.165) is 35.3 Å². The van der Waals surface area contributed by atoms with Crippen molar-refractivity contribution in [3.63, 3.8) is 0 Å². The van der Waals surface area contributed by atoms with Gasteiger partial charge in [-0.05, 0) is 47.2 Å². The van der Waals surface area contributed by atoms with E-state index in [1.54, 1.807) is 25.8 Å². The van der Waals surface area contributed by atoms with Crippen LogP contribution in [0.5, 0.6) is 0 Å². The summed E-state index contributed by atoms with van der Waals surface area (Å²) >= 11 is 6.11. The molecule has 160 valence electrons. The van der Waals surface area contributed by atoms with Crippen LogP contribution in [-0.2, 0) is 13.0 Å². The zero-order valence-corrected chi connectivity index (χ0v) is 20.6. The Morgan fingerprint density at radius 1 is 1.13 bits per heavy atom. The number of nitrogens with one attached hydrogen (secondary N) is 2. The second-order valence-electron chi connectivity index (χ2n) is 7.74. The molecular formula is C22H28ClIN6. The van der Waals surface area contributed by atoms with E-state index < -0.39 is 0 Å². The van der Waals surface area contributed by atoms with E-state index in [0.29, 0.717) is 6.54 Å². The Morgan fingerprint density at radius 3 is 2.67 bits per heavy atom. The van der Waals surface area contributed by atoms with Crippen LogP contribution in [0.4, 0.5) is 0 Å². The number of benzene rings is 1. The van der Waals surface area contributed by atoms with Gasteiger partial charge < -0.3 is 10.6 Å². The molecule has 0 saturated heterocycles. The fourth-order valence-electron chi connectivity index (χ4n) is 3.10. The van der Waals surface area contributed by atoms with Gasteiger partial charge in [-0.25, -0.2) is 9.97 Å². The van der Waals surface area contributed by atoms with Crippen molar-refractivity contribution in [1.29, 1.82) is 0 Å². The number of aromatic nitrogens is 3. The summed E-state index contributed by atoms with van der Waals surface area (Å²) in [5.74, 6) is 1.61. The lowest BCUT2D eigenvalue weighted by atomic mass is 9.86. The number of nitrogens with zero attached hydrogens (tertiary/aromatic N) is 4. The summed E-state index contributed by atoms with van der Waals surface area (Å²) in [6.45, 7) is 5.90. The van der Waals surface area contributed by atoms with Crippen molar-refractivity contribution in [3.8, 4) is 5.82 Å². The molecule has 2 N–H and O–H groups in total. The van der Waals surface area contributed by atoms with Gasteiger partial charge in [-0.3, -0.25) is 9.56 Å². The van der Waals surface area contributed by atoms with E-state index in [1.807, 2.05) is 41.1 Å². The predicted molar refractivity (Wildman–Crippen MR) is 134 cm³/mol. The fraction of sp³-hybridized carbons (Fsp3) is 0.318. The summed E-state index contributed by atoms with van der Waals surface area (Å²) in [5.41, 5.74) is 2.40. The summed E-state index contributed by atoms with van der Waals surface area (Å²) in [4.78, 5) is 12.8. The Bertz CT molecular complexity index is 956. The highest BCUT2D eigenvalue weighted by Crippen LogP contribution is 2.22. The highest BCUT2D eigenvalue weighted by Gasteiger charge is 2.19. The molecule has 8 heteroatoms. The quantitative estimate of drug-likeness (QED) is 0.265. The molecule has 0 amide bonds. The highest BCUT2D eigenvalue weighted by atomic mass is 127. The van der Waals surface area contributed by atoms with Crippen molar-refractivity contribution in [3.05, 3.63) is 77.5 Å². The van der Waals surface area contributed by atoms with Gasteiger partial charge in [0.15, 0.2) is 5.96 Å². The molecule has 0 aliphatic heterocycles. The van der Waals surface area contributed by atoms with E-state index in [4.69, 9.17) is 11.6 Å². The fourth-order valence-corrected chi connectivity index (χ4v) is 3.31. The van der Waals surface area contributed by atoms with Gasteiger partial charge in [-0.2, -0.15) is 0 Å². The molecule has 30 heavy (non-hydrogen) atoms. The smallest absolute Gasteiger partial charge is 0.191 e. The van der Waals surface area contributed by atoms with Gasteiger partial charge in [-0.15, -0.1) is 24.0 Å². The molecule has 0 unspecified atom stereocenters. The van der Waals surface area contributed by atoms with Crippen LogP contribution in [0.2, 0.25) is 5.02 Å². The zero-order valence-electron chi connectivity index (χ0n) is 17.5. The Balaban J connectivity index is 0.00000320. The number of hydrogen-bond acceptors (Lipinski definition) is 3. The van der Waals surface area contributed by atoms with Crippen LogP contribution in [0, 0.1) is 5.41 Å². The van der Waals surface area contributed by atoms with E-state index in [2.05, 4.69) is 45.5 Å². The Morgan fingerprint density at radius 2 is 1.97 bits per heavy atom. The van der Waals surface area contributed by atoms with Crippen LogP contribution in [0.15, 0.2) is 66.3 Å². The van der Waals surface area contributed by atoms with Crippen LogP contribution in [0.1, 0.15) is 25.0 Å². The number of pyridine rings is 1. The largest absolute Gasteiger partial charge is 0.356 e. The number of hydrogen-bond donors (Lipinski definition) is 2. The minimum atomic E-state index is 0. The molecule has 0 aliphatic carbocycles. The van der Waals surface area contributed by atoms with Crippen LogP contribution < -0.4 is 10.6 Å². The van der Waals surface area contributed by atoms with Crippen LogP contribution in [0.25, 0.3) is 5.82 Å². The average Bonchev–Trinajstić information content (AvgIpc) is 3.23. The molecule has 0 radical (unpaired) electrons. The summed E-state index contributed by atoms with van der Waals surface area (Å²) in [6, 6.07) is 12.1. The van der Waals surface area contributed by atoms with Crippen LogP contribution >= 0.6 is 35.6 Å². The van der Waals surface area contributed by atoms with Gasteiger partial charge in [0, 0.05) is 43.8 Å². The van der Waals surface area contributed by atoms with Crippen molar-refractivity contribution in [2.45, 2.75) is 26.8 Å². The van der Waals surface area contributed by atoms with Crippen LogP contribution in [0.3, 0.4) is 0 Å². The highest BCUT2D eigenvalue weighted by molar-refractivity contribution is 14.0. The summed E-state index contributed by atoms with van der Waals surface area (Å²) in [6.07, 6.45) is 8.08. The Kier molecular flexibility index (Phi) is 9.10. The molecule has 2 aromatic heterocycles. The molecule has 3 aromatic rings. The summed E-state index contributed by atoms with van der Waals surface area (Å²) in [7, 11) is 1.78. The van der Waals surface area contributed by atoms with Crippen LogP contribution in [-0.4, -0.2) is 34.1 Å². The molecule has 0 bridgehead atoms. The Hall–Kier alpha value is -2.13. The van der Waals surface area contributed by atoms with Gasteiger partial charge in [-0.1, -0.05) is 37.6 Å². The molecule has 3 rings (SSSR count). The van der Waals surface area contributed by atoms with Gasteiger partial charge in [0.2, 0.25) is 0 Å². The van der Waals surface area contributed by atoms with Crippen molar-refractivity contribution >= 4 is 41.5 Å². The third kappa shape index (κ3) is 7.28. The molecule has 0 saturated carbocycles. The standard InChI is InChI=1S/C22H27ClN6.HI/c1-22(2,13-17-5-4-6-19(23)11-17)15-28-21(24-3)27-14-18-7-8-26-20(12-18)29-10-9-25-16-29;/h4-12,16H,13-15H2,1-3H3,(H2,24,27,28);1H. The summed E-state index contributed by atoms with van der Waals surface area (Å²) in [5, 5.41) is 7.58.